The van der Waals surface area contributed by atoms with Crippen molar-refractivity contribution in [3.8, 4) is 5.75 Å². The molecule has 0 radical (unpaired) electrons. The Labute approximate surface area is 166 Å². The van der Waals surface area contributed by atoms with Gasteiger partial charge < -0.3 is 19.1 Å². The topological polar surface area (TPSA) is 97.1 Å². The van der Waals surface area contributed by atoms with Crippen LogP contribution in [0.3, 0.4) is 0 Å². The first-order valence-electron chi connectivity index (χ1n) is 9.40. The third-order valence-electron chi connectivity index (χ3n) is 5.07. The second-order valence-electron chi connectivity index (χ2n) is 7.19. The molecule has 3 heterocycles. The lowest BCUT2D eigenvalue weighted by atomic mass is 9.98. The number of aromatic nitrogens is 4. The first-order chi connectivity index (χ1) is 14.2. The summed E-state index contributed by atoms with van der Waals surface area (Å²) in [5.41, 5.74) is 3.51. The van der Waals surface area contributed by atoms with Crippen molar-refractivity contribution >= 4 is 16.9 Å². The Bertz CT molecular complexity index is 1160. The lowest BCUT2D eigenvalue weighted by Gasteiger charge is -2.37. The van der Waals surface area contributed by atoms with E-state index >= 15 is 0 Å². The van der Waals surface area contributed by atoms with Crippen LogP contribution in [0, 0.1) is 6.92 Å². The molecule has 1 N–H and O–H groups in total. The summed E-state index contributed by atoms with van der Waals surface area (Å²) in [6, 6.07) is 13.2. The van der Waals surface area contributed by atoms with E-state index in [1.807, 2.05) is 43.3 Å². The van der Waals surface area contributed by atoms with Gasteiger partial charge in [-0.05, 0) is 37.3 Å². The van der Waals surface area contributed by atoms with E-state index in [1.165, 1.54) is 5.56 Å². The van der Waals surface area contributed by atoms with E-state index in [0.29, 0.717) is 30.4 Å². The minimum atomic E-state index is -0.0100. The maximum Gasteiger partial charge on any atom is 0.264 e. The van der Waals surface area contributed by atoms with E-state index in [9.17, 15) is 4.79 Å². The molecule has 2 aromatic carbocycles. The highest BCUT2D eigenvalue weighted by Crippen LogP contribution is 2.27. The smallest absolute Gasteiger partial charge is 0.264 e. The minimum absolute atomic E-state index is 0.0100. The molecule has 0 spiro atoms. The van der Waals surface area contributed by atoms with Gasteiger partial charge in [-0.15, -0.1) is 0 Å². The Hall–Kier alpha value is -3.68. The molecule has 4 aromatic rings. The Kier molecular flexibility index (Phi) is 4.23. The zero-order valence-electron chi connectivity index (χ0n) is 15.8. The second-order valence-corrected chi connectivity index (χ2v) is 7.19. The zero-order valence-corrected chi connectivity index (χ0v) is 15.8. The van der Waals surface area contributed by atoms with Crippen LogP contribution in [0.5, 0.6) is 5.75 Å². The number of hydrogen-bond acceptors (Lipinski definition) is 6. The van der Waals surface area contributed by atoms with E-state index in [4.69, 9.17) is 9.26 Å². The fourth-order valence-corrected chi connectivity index (χ4v) is 3.33. The van der Waals surface area contributed by atoms with Gasteiger partial charge in [-0.1, -0.05) is 22.9 Å². The van der Waals surface area contributed by atoms with Gasteiger partial charge in [-0.2, -0.15) is 4.98 Å². The Morgan fingerprint density at radius 2 is 2.07 bits per heavy atom. The van der Waals surface area contributed by atoms with Gasteiger partial charge in [-0.3, -0.25) is 4.79 Å². The number of rotatable bonds is 5. The Morgan fingerprint density at radius 3 is 2.90 bits per heavy atom. The van der Waals surface area contributed by atoms with Crippen molar-refractivity contribution in [3.05, 3.63) is 71.6 Å². The molecule has 1 aliphatic rings. The number of imidazole rings is 1. The maximum absolute atomic E-state index is 12.7. The fourth-order valence-electron chi connectivity index (χ4n) is 3.33. The molecule has 5 rings (SSSR count). The largest absolute Gasteiger partial charge is 0.484 e. The number of ether oxygens (including phenoxy) is 1. The minimum Gasteiger partial charge on any atom is -0.484 e. The molecule has 29 heavy (non-hydrogen) atoms. The molecular weight excluding hydrogens is 370 g/mol. The number of likely N-dealkylation sites (tertiary alicyclic amines) is 1. The van der Waals surface area contributed by atoms with Crippen molar-refractivity contribution in [2.45, 2.75) is 19.4 Å². The number of H-pyrrole nitrogens is 1. The number of nitrogens with zero attached hydrogens (tertiary/aromatic N) is 4. The van der Waals surface area contributed by atoms with Crippen LogP contribution in [0.2, 0.25) is 0 Å². The van der Waals surface area contributed by atoms with Gasteiger partial charge in [0.05, 0.1) is 23.3 Å². The number of hydrogen-bond donors (Lipinski definition) is 1. The number of amides is 1. The number of nitrogens with one attached hydrogen (secondary N) is 1. The van der Waals surface area contributed by atoms with Crippen LogP contribution in [0.15, 0.2) is 53.3 Å². The number of benzene rings is 2. The first kappa shape index (κ1) is 17.4. The second kappa shape index (κ2) is 7.05. The maximum atomic E-state index is 12.7. The van der Waals surface area contributed by atoms with Crippen LogP contribution < -0.4 is 4.74 Å². The molecule has 8 heteroatoms. The van der Waals surface area contributed by atoms with Crippen LogP contribution in [-0.2, 0) is 6.61 Å². The van der Waals surface area contributed by atoms with Crippen LogP contribution >= 0.6 is 0 Å². The molecule has 0 bridgehead atoms. The number of aromatic amines is 1. The molecule has 1 fully saturated rings. The van der Waals surface area contributed by atoms with Gasteiger partial charge in [0, 0.05) is 18.7 Å². The predicted octanol–water partition coefficient (Wildman–Crippen LogP) is 3.07. The van der Waals surface area contributed by atoms with Crippen molar-refractivity contribution in [1.82, 2.24) is 25.0 Å². The highest BCUT2D eigenvalue weighted by molar-refractivity contribution is 5.97. The predicted molar refractivity (Wildman–Crippen MR) is 105 cm³/mol. The van der Waals surface area contributed by atoms with E-state index in [-0.39, 0.29) is 18.4 Å². The molecule has 2 aromatic heterocycles. The van der Waals surface area contributed by atoms with E-state index in [2.05, 4.69) is 20.1 Å². The fraction of sp³-hybridized carbons (Fsp3) is 0.238. The van der Waals surface area contributed by atoms with Crippen molar-refractivity contribution < 1.29 is 14.1 Å². The molecule has 0 unspecified atom stereocenters. The lowest BCUT2D eigenvalue weighted by Crippen LogP contribution is -2.48. The number of carbonyl (C=O) groups is 1. The number of aryl methyl sites for hydroxylation is 1. The highest BCUT2D eigenvalue weighted by Gasteiger charge is 2.35. The van der Waals surface area contributed by atoms with Gasteiger partial charge in [0.15, 0.2) is 12.4 Å². The van der Waals surface area contributed by atoms with Crippen molar-refractivity contribution in [3.63, 3.8) is 0 Å². The summed E-state index contributed by atoms with van der Waals surface area (Å²) in [4.78, 5) is 26.1. The van der Waals surface area contributed by atoms with Crippen LogP contribution in [-0.4, -0.2) is 44.0 Å². The van der Waals surface area contributed by atoms with Gasteiger partial charge in [0.25, 0.3) is 11.8 Å². The van der Waals surface area contributed by atoms with E-state index in [0.717, 1.165) is 16.8 Å². The van der Waals surface area contributed by atoms with Crippen LogP contribution in [0.1, 0.15) is 33.6 Å². The van der Waals surface area contributed by atoms with Crippen molar-refractivity contribution in [2.24, 2.45) is 0 Å². The molecule has 1 aliphatic heterocycles. The third-order valence-corrected chi connectivity index (χ3v) is 5.07. The molecule has 1 amide bonds. The normalized spacial score (nSPS) is 14.2. The number of fused-ring (bicyclic) bond motifs is 1. The van der Waals surface area contributed by atoms with Crippen LogP contribution in [0.4, 0.5) is 0 Å². The summed E-state index contributed by atoms with van der Waals surface area (Å²) in [5, 5.41) is 4.05. The average molecular weight is 389 g/mol. The monoisotopic (exact) mass is 389 g/mol. The SMILES string of the molecule is Cc1ccc(OCc2nc(C3CN(C(=O)c4ccc5nc[nH]c5c4)C3)no2)cc1. The average Bonchev–Trinajstić information content (AvgIpc) is 3.35. The van der Waals surface area contributed by atoms with Crippen molar-refractivity contribution in [1.29, 1.82) is 0 Å². The number of carbonyl (C=O) groups excluding carboxylic acids is 1. The van der Waals surface area contributed by atoms with Gasteiger partial charge in [0.1, 0.15) is 5.75 Å². The molecule has 0 atom stereocenters. The third kappa shape index (κ3) is 3.44. The van der Waals surface area contributed by atoms with Gasteiger partial charge in [-0.25, -0.2) is 4.98 Å². The molecule has 0 saturated carbocycles. The lowest BCUT2D eigenvalue weighted by molar-refractivity contribution is 0.0592. The summed E-state index contributed by atoms with van der Waals surface area (Å²) in [6.07, 6.45) is 1.62. The summed E-state index contributed by atoms with van der Waals surface area (Å²) in [7, 11) is 0. The zero-order chi connectivity index (χ0) is 19.8. The Morgan fingerprint density at radius 1 is 1.24 bits per heavy atom. The van der Waals surface area contributed by atoms with Crippen LogP contribution in [0.25, 0.3) is 11.0 Å². The standard InChI is InChI=1S/C21H19N5O3/c1-13-2-5-16(6-3-13)28-11-19-24-20(25-29-19)15-9-26(10-15)21(27)14-4-7-17-18(8-14)23-12-22-17/h2-8,12,15H,9-11H2,1H3,(H,22,23). The van der Waals surface area contributed by atoms with Gasteiger partial charge >= 0.3 is 0 Å². The Balaban J connectivity index is 1.17. The summed E-state index contributed by atoms with van der Waals surface area (Å²) in [5.74, 6) is 1.86. The molecular formula is C21H19N5O3. The van der Waals surface area contributed by atoms with Crippen molar-refractivity contribution in [2.75, 3.05) is 13.1 Å². The van der Waals surface area contributed by atoms with Gasteiger partial charge in [0.2, 0.25) is 0 Å². The quantitative estimate of drug-likeness (QED) is 0.563. The van der Waals surface area contributed by atoms with E-state index in [1.54, 1.807) is 17.3 Å². The highest BCUT2D eigenvalue weighted by atomic mass is 16.5. The molecule has 0 aliphatic carbocycles. The summed E-state index contributed by atoms with van der Waals surface area (Å²) in [6.45, 7) is 3.38. The van der Waals surface area contributed by atoms with E-state index < -0.39 is 0 Å². The summed E-state index contributed by atoms with van der Waals surface area (Å²) < 4.78 is 11.0. The molecule has 146 valence electrons. The molecule has 1 saturated heterocycles. The summed E-state index contributed by atoms with van der Waals surface area (Å²) >= 11 is 0. The molecule has 8 nitrogen and oxygen atoms in total. The first-order valence-corrected chi connectivity index (χ1v) is 9.40.